The van der Waals surface area contributed by atoms with Crippen molar-refractivity contribution in [1.82, 2.24) is 0 Å². The summed E-state index contributed by atoms with van der Waals surface area (Å²) < 4.78 is 0. The van der Waals surface area contributed by atoms with Crippen LogP contribution >= 0.6 is 11.6 Å². The number of aldehydes is 1. The van der Waals surface area contributed by atoms with Crippen LogP contribution in [-0.4, -0.2) is 6.29 Å². The van der Waals surface area contributed by atoms with Crippen LogP contribution in [0.3, 0.4) is 0 Å². The molecule has 0 saturated heterocycles. The van der Waals surface area contributed by atoms with Gasteiger partial charge in [0, 0.05) is 16.5 Å². The molecule has 4 rings (SSSR count). The van der Waals surface area contributed by atoms with Gasteiger partial charge in [0.05, 0.1) is 0 Å². The van der Waals surface area contributed by atoms with Gasteiger partial charge >= 0.3 is 0 Å². The summed E-state index contributed by atoms with van der Waals surface area (Å²) in [5, 5.41) is 0.581. The van der Waals surface area contributed by atoms with Crippen molar-refractivity contribution in [3.63, 3.8) is 0 Å². The molecule has 2 heteroatoms. The van der Waals surface area contributed by atoms with E-state index in [1.165, 1.54) is 22.3 Å². The van der Waals surface area contributed by atoms with Crippen LogP contribution in [0.4, 0.5) is 0 Å². The molecule has 0 aliphatic heterocycles. The predicted molar refractivity (Wildman–Crippen MR) is 99.4 cm³/mol. The van der Waals surface area contributed by atoms with Gasteiger partial charge < -0.3 is 0 Å². The minimum absolute atomic E-state index is 0.0427. The fourth-order valence-corrected chi connectivity index (χ4v) is 3.63. The van der Waals surface area contributed by atoms with Crippen molar-refractivity contribution in [3.05, 3.63) is 106 Å². The van der Waals surface area contributed by atoms with Gasteiger partial charge in [-0.1, -0.05) is 72.3 Å². The summed E-state index contributed by atoms with van der Waals surface area (Å²) in [6.07, 6.45) is 3.11. The summed E-state index contributed by atoms with van der Waals surface area (Å²) >= 11 is 6.08. The number of allylic oxidation sites excluding steroid dienone is 1. The first kappa shape index (κ1) is 14.9. The van der Waals surface area contributed by atoms with E-state index in [0.717, 1.165) is 11.8 Å². The van der Waals surface area contributed by atoms with Gasteiger partial charge in [0.25, 0.3) is 0 Å². The third-order valence-electron chi connectivity index (χ3n) is 4.52. The first-order valence-corrected chi connectivity index (χ1v) is 8.26. The second kappa shape index (κ2) is 6.10. The monoisotopic (exact) mass is 330 g/mol. The predicted octanol–water partition coefficient (Wildman–Crippen LogP) is 5.84. The standard InChI is InChI=1S/C22H15ClO/c23-18-10-11-20(17(12-18)14-24)22-19-9-5-4-8-16(19)13-21(22)15-6-2-1-3-7-15/h1-14,22H. The molecule has 1 unspecified atom stereocenters. The van der Waals surface area contributed by atoms with Crippen LogP contribution in [0, 0.1) is 0 Å². The van der Waals surface area contributed by atoms with Gasteiger partial charge in [0.2, 0.25) is 0 Å². The summed E-state index contributed by atoms with van der Waals surface area (Å²) in [6.45, 7) is 0. The molecule has 0 amide bonds. The molecule has 0 saturated carbocycles. The van der Waals surface area contributed by atoms with Crippen molar-refractivity contribution >= 4 is 29.5 Å². The molecular weight excluding hydrogens is 316 g/mol. The zero-order valence-corrected chi connectivity index (χ0v) is 13.7. The number of fused-ring (bicyclic) bond motifs is 1. The Kier molecular flexibility index (Phi) is 3.79. The van der Waals surface area contributed by atoms with E-state index in [2.05, 4.69) is 30.3 Å². The van der Waals surface area contributed by atoms with Crippen LogP contribution < -0.4 is 0 Å². The average molecular weight is 331 g/mol. The lowest BCUT2D eigenvalue weighted by Crippen LogP contribution is -2.04. The molecule has 0 bridgehead atoms. The van der Waals surface area contributed by atoms with Crippen molar-refractivity contribution < 1.29 is 4.79 Å². The molecule has 0 aromatic heterocycles. The van der Waals surface area contributed by atoms with Crippen LogP contribution in [0.25, 0.3) is 11.6 Å². The smallest absolute Gasteiger partial charge is 0.150 e. The minimum Gasteiger partial charge on any atom is -0.298 e. The Bertz CT molecular complexity index is 941. The summed E-state index contributed by atoms with van der Waals surface area (Å²) in [5.74, 6) is 0.0427. The number of carbonyl (C=O) groups excluding carboxylic acids is 1. The number of hydrogen-bond donors (Lipinski definition) is 0. The molecule has 116 valence electrons. The zero-order chi connectivity index (χ0) is 16.5. The highest BCUT2D eigenvalue weighted by Gasteiger charge is 2.29. The lowest BCUT2D eigenvalue weighted by atomic mass is 9.83. The van der Waals surface area contributed by atoms with Gasteiger partial charge in [-0.05, 0) is 46.0 Å². The molecule has 0 fully saturated rings. The maximum absolute atomic E-state index is 11.6. The lowest BCUT2D eigenvalue weighted by Gasteiger charge is -2.20. The van der Waals surface area contributed by atoms with Crippen LogP contribution in [0.5, 0.6) is 0 Å². The van der Waals surface area contributed by atoms with Crippen molar-refractivity contribution in [2.45, 2.75) is 5.92 Å². The van der Waals surface area contributed by atoms with E-state index < -0.39 is 0 Å². The summed E-state index contributed by atoms with van der Waals surface area (Å²) in [6, 6.07) is 24.2. The van der Waals surface area contributed by atoms with Crippen molar-refractivity contribution in [1.29, 1.82) is 0 Å². The molecule has 0 heterocycles. The molecule has 3 aromatic rings. The number of carbonyl (C=O) groups is 1. The second-order valence-electron chi connectivity index (χ2n) is 5.92. The van der Waals surface area contributed by atoms with Gasteiger partial charge in [-0.3, -0.25) is 4.79 Å². The average Bonchev–Trinajstić information content (AvgIpc) is 3.02. The van der Waals surface area contributed by atoms with Crippen LogP contribution in [0.15, 0.2) is 72.8 Å². The van der Waals surface area contributed by atoms with Crippen LogP contribution in [-0.2, 0) is 0 Å². The van der Waals surface area contributed by atoms with Gasteiger partial charge in [0.15, 0.2) is 0 Å². The SMILES string of the molecule is O=Cc1cc(Cl)ccc1C1C(c2ccccc2)=Cc2ccccc21. The first-order valence-electron chi connectivity index (χ1n) is 7.88. The van der Waals surface area contributed by atoms with E-state index in [9.17, 15) is 4.79 Å². The van der Waals surface area contributed by atoms with Crippen molar-refractivity contribution in [2.75, 3.05) is 0 Å². The molecule has 0 N–H and O–H groups in total. The van der Waals surface area contributed by atoms with E-state index >= 15 is 0 Å². The second-order valence-corrected chi connectivity index (χ2v) is 6.36. The first-order chi connectivity index (χ1) is 11.8. The Morgan fingerprint density at radius 1 is 0.833 bits per heavy atom. The Morgan fingerprint density at radius 2 is 1.58 bits per heavy atom. The molecule has 1 atom stereocenters. The molecule has 1 aliphatic carbocycles. The van der Waals surface area contributed by atoms with Gasteiger partial charge in [0.1, 0.15) is 6.29 Å². The van der Waals surface area contributed by atoms with Gasteiger partial charge in [-0.2, -0.15) is 0 Å². The van der Waals surface area contributed by atoms with E-state index in [-0.39, 0.29) is 5.92 Å². The highest BCUT2D eigenvalue weighted by atomic mass is 35.5. The fourth-order valence-electron chi connectivity index (χ4n) is 3.45. The Morgan fingerprint density at radius 3 is 2.38 bits per heavy atom. The number of rotatable bonds is 3. The number of halogens is 1. The van der Waals surface area contributed by atoms with E-state index in [0.29, 0.717) is 10.6 Å². The van der Waals surface area contributed by atoms with Gasteiger partial charge in [-0.15, -0.1) is 0 Å². The normalized spacial score (nSPS) is 15.7. The highest BCUT2D eigenvalue weighted by Crippen LogP contribution is 2.46. The largest absolute Gasteiger partial charge is 0.298 e. The number of benzene rings is 3. The highest BCUT2D eigenvalue weighted by molar-refractivity contribution is 6.30. The lowest BCUT2D eigenvalue weighted by molar-refractivity contribution is 0.112. The van der Waals surface area contributed by atoms with E-state index in [4.69, 9.17) is 11.6 Å². The zero-order valence-electron chi connectivity index (χ0n) is 12.9. The number of hydrogen-bond acceptors (Lipinski definition) is 1. The van der Waals surface area contributed by atoms with Gasteiger partial charge in [-0.25, -0.2) is 0 Å². The molecule has 3 aromatic carbocycles. The van der Waals surface area contributed by atoms with E-state index in [1.54, 1.807) is 6.07 Å². The third-order valence-corrected chi connectivity index (χ3v) is 4.76. The summed E-state index contributed by atoms with van der Waals surface area (Å²) in [4.78, 5) is 11.6. The Hall–Kier alpha value is -2.64. The minimum atomic E-state index is 0.0427. The molecular formula is C22H15ClO. The molecule has 0 spiro atoms. The molecule has 1 aliphatic rings. The van der Waals surface area contributed by atoms with Crippen molar-refractivity contribution in [3.8, 4) is 0 Å². The Balaban J connectivity index is 1.94. The van der Waals surface area contributed by atoms with Crippen LogP contribution in [0.1, 0.15) is 38.5 Å². The van der Waals surface area contributed by atoms with E-state index in [1.807, 2.05) is 42.5 Å². The maximum Gasteiger partial charge on any atom is 0.150 e. The Labute approximate surface area is 146 Å². The molecule has 24 heavy (non-hydrogen) atoms. The molecule has 1 nitrogen and oxygen atoms in total. The van der Waals surface area contributed by atoms with Crippen LogP contribution in [0.2, 0.25) is 5.02 Å². The molecule has 0 radical (unpaired) electrons. The fraction of sp³-hybridized carbons (Fsp3) is 0.0455. The quantitative estimate of drug-likeness (QED) is 0.551. The summed E-state index contributed by atoms with van der Waals surface area (Å²) in [7, 11) is 0. The summed E-state index contributed by atoms with van der Waals surface area (Å²) in [5.41, 5.74) is 6.45. The van der Waals surface area contributed by atoms with Crippen molar-refractivity contribution in [2.24, 2.45) is 0 Å². The maximum atomic E-state index is 11.6. The topological polar surface area (TPSA) is 17.1 Å². The third kappa shape index (κ3) is 2.47.